The van der Waals surface area contributed by atoms with Gasteiger partial charge in [0, 0.05) is 65.1 Å². The summed E-state index contributed by atoms with van der Waals surface area (Å²) in [6, 6.07) is 0. The lowest BCUT2D eigenvalue weighted by atomic mass is 10.0. The van der Waals surface area contributed by atoms with Crippen molar-refractivity contribution in [1.29, 1.82) is 0 Å². The SMILES string of the molecule is CC(C)CCCS(=O)(=O)NS(C)(=O)=O.CC(C)OCCCCC(=O)NCC(F)(F)C(F)(F)C(F)(F)C(F)(F)F.CC(C)OCCCCC(=O)NCC(F)(F)C(F)(F)C(F)(F)C(F)(F)OC(F)(F)C(F)(F)C(F)(F)C(F)(F)F.CC(C)OCCCCC(=O)NCC(F)(F)C(F)(F)F.CC(C)S(=O)(=O)NC(=O)CCCCSCC(=O)NCC(F)(F)F.CCNC(=O)CCCCOC(C)C. The topological polar surface area (TPSA) is 335 Å². The number of carbonyl (C=O) groups is 6. The fourth-order valence-corrected chi connectivity index (χ4v) is 12.2. The van der Waals surface area contributed by atoms with Gasteiger partial charge < -0.3 is 45.5 Å². The Kier molecular flexibility index (Phi) is 61.9. The zero-order valence-electron chi connectivity index (χ0n) is 73.4. The Balaban J connectivity index is -0.000000375. The van der Waals surface area contributed by atoms with Crippen LogP contribution in [0.15, 0.2) is 0 Å². The molecule has 0 atom stereocenters. The Labute approximate surface area is 744 Å². The molecule has 24 nitrogen and oxygen atoms in total. The first-order valence-electron chi connectivity index (χ1n) is 39.1. The number of amides is 6. The van der Waals surface area contributed by atoms with Gasteiger partial charge in [-0.1, -0.05) is 13.8 Å². The smallest absolute Gasteiger partial charge is 0.379 e. The van der Waals surface area contributed by atoms with Gasteiger partial charge in [0.25, 0.3) is 0 Å². The first-order chi connectivity index (χ1) is 58.9. The lowest BCUT2D eigenvalue weighted by molar-refractivity contribution is -0.518. The van der Waals surface area contributed by atoms with E-state index in [0.29, 0.717) is 69.3 Å². The molecule has 0 aliphatic rings. The molecule has 0 aromatic carbocycles. The first kappa shape index (κ1) is 137. The van der Waals surface area contributed by atoms with Crippen molar-refractivity contribution in [2.45, 2.75) is 319 Å². The summed E-state index contributed by atoms with van der Waals surface area (Å²) in [6.45, 7) is 17.1. The van der Waals surface area contributed by atoms with Crippen LogP contribution in [0.1, 0.15) is 199 Å². The lowest BCUT2D eigenvalue weighted by Gasteiger charge is -2.39. The van der Waals surface area contributed by atoms with E-state index in [0.717, 1.165) is 55.7 Å². The van der Waals surface area contributed by atoms with Crippen LogP contribution in [-0.4, -0.2) is 263 Å². The molecule has 0 aromatic rings. The summed E-state index contributed by atoms with van der Waals surface area (Å²) < 4.78 is 523. The summed E-state index contributed by atoms with van der Waals surface area (Å²) in [4.78, 5) is 67.2. The van der Waals surface area contributed by atoms with Crippen LogP contribution in [0, 0.1) is 5.92 Å². The predicted octanol–water partition coefficient (Wildman–Crippen LogP) is 17.1. The van der Waals surface area contributed by atoms with Crippen LogP contribution in [0.4, 0.5) is 149 Å². The summed E-state index contributed by atoms with van der Waals surface area (Å²) >= 11 is 1.15. The van der Waals surface area contributed by atoms with Gasteiger partial charge in [0.05, 0.1) is 67.1 Å². The van der Waals surface area contributed by atoms with E-state index in [4.69, 9.17) is 18.9 Å². The number of rotatable bonds is 56. The lowest BCUT2D eigenvalue weighted by Crippen LogP contribution is -2.68. The van der Waals surface area contributed by atoms with Crippen molar-refractivity contribution < 1.29 is 227 Å². The highest BCUT2D eigenvalue weighted by atomic mass is 32.3. The fraction of sp³-hybridized carbons (Fsp3) is 0.914. The van der Waals surface area contributed by atoms with E-state index in [2.05, 4.69) is 5.32 Å². The van der Waals surface area contributed by atoms with Crippen LogP contribution in [-0.2, 0) is 82.5 Å². The van der Waals surface area contributed by atoms with Crippen LogP contribution in [0.2, 0.25) is 0 Å². The van der Waals surface area contributed by atoms with Gasteiger partial charge in [-0.25, -0.2) is 30.0 Å². The minimum absolute atomic E-state index is 0.0345. The third kappa shape index (κ3) is 56.9. The zero-order chi connectivity index (χ0) is 106. The van der Waals surface area contributed by atoms with Crippen LogP contribution in [0.5, 0.6) is 0 Å². The van der Waals surface area contributed by atoms with E-state index in [1.54, 1.807) is 42.5 Å². The maximum atomic E-state index is 13.7. The van der Waals surface area contributed by atoms with Gasteiger partial charge in [-0.15, -0.1) is 4.13 Å². The van der Waals surface area contributed by atoms with Crippen LogP contribution >= 0.6 is 11.8 Å². The van der Waals surface area contributed by atoms with Crippen LogP contribution in [0.3, 0.4) is 0 Å². The number of unbranched alkanes of at least 4 members (excludes halogenated alkanes) is 5. The van der Waals surface area contributed by atoms with Crippen molar-refractivity contribution in [3.05, 3.63) is 0 Å². The molecule has 7 N–H and O–H groups in total. The fourth-order valence-electron chi connectivity index (χ4n) is 7.98. The number of nitrogens with one attached hydrogen (secondary N) is 7. The highest BCUT2D eigenvalue weighted by Crippen LogP contribution is 2.59. The molecule has 0 radical (unpaired) electrons. The molecule has 0 aliphatic carbocycles. The number of sulfonamides is 3. The van der Waals surface area contributed by atoms with E-state index in [1.165, 1.54) is 23.9 Å². The highest BCUT2D eigenvalue weighted by Gasteiger charge is 2.88. The van der Waals surface area contributed by atoms with E-state index < -0.39 is 194 Å². The minimum Gasteiger partial charge on any atom is -0.379 e. The second kappa shape index (κ2) is 59.6. The van der Waals surface area contributed by atoms with E-state index in [-0.39, 0.29) is 81.0 Å². The molecule has 6 amide bonds. The maximum Gasteiger partial charge on any atom is 0.460 e. The predicted molar refractivity (Wildman–Crippen MR) is 409 cm³/mol. The van der Waals surface area contributed by atoms with Gasteiger partial charge in [0.1, 0.15) is 6.54 Å². The molecule has 0 bridgehead atoms. The average molecular weight is 2100 g/mol. The summed E-state index contributed by atoms with van der Waals surface area (Å²) in [6.07, 6.45) is -34.8. The standard InChI is InChI=1S/C17H18F17NO3.C13H18F9NO2.C12H21F3N2O4S2.C11H18F5NO2.C10H21NO2.C7H17NO4S2/c1-8(2)37-6-4-3-5-9(36)35-7-10(18,19)11(20,21)13(24,25)16(31,32)38-17(33,34)14(26,27)12(22,23)15(28,29)30;1-8(2)25-6-4-3-5-9(24)23-7-10(14,15)11(16,17)12(18,19)13(20,21)22;1-9(2)23(20,21)17-10(18)5-3-4-6-22-7-11(19)16-8-12(13,14)15;1-8(2)19-6-4-3-5-9(18)17-7-10(12,13)11(14,15)16;1-4-11-10(12)7-5-6-8-13-9(2)3;1-7(2)5-4-6-14(11,12)8-13(3,9)10/h8H,3-7H2,1-2H3,(H,35,36);8H,3-7H2,1-2H3,(H,23,24);9H,3-8H2,1-2H3,(H,16,19)(H,17,18);8H,3-7H2,1-2H3,(H,17,18);9H,4-8H2,1-3H3,(H,11,12);7-8H,4-6H2,1-3H3. The largest absolute Gasteiger partial charge is 0.460 e. The van der Waals surface area contributed by atoms with Crippen molar-refractivity contribution in [3.8, 4) is 0 Å². The summed E-state index contributed by atoms with van der Waals surface area (Å²) in [5, 5.41) is 7.58. The Hall–Kier alpha value is -5.60. The van der Waals surface area contributed by atoms with Gasteiger partial charge in [-0.2, -0.15) is 161 Å². The van der Waals surface area contributed by atoms with E-state index in [1.807, 2.05) is 53.2 Å². The number of ether oxygens (including phenoxy) is 5. The van der Waals surface area contributed by atoms with Crippen molar-refractivity contribution in [2.24, 2.45) is 5.92 Å². The van der Waals surface area contributed by atoms with Crippen molar-refractivity contribution in [2.75, 3.05) is 82.7 Å². The second-order valence-corrected chi connectivity index (χ2v) is 36.9. The zero-order valence-corrected chi connectivity index (χ0v) is 76.7. The number of hydrogen-bond donors (Lipinski definition) is 7. The molecule has 132 heavy (non-hydrogen) atoms. The van der Waals surface area contributed by atoms with E-state index >= 15 is 0 Å². The molecule has 0 saturated carbocycles. The van der Waals surface area contributed by atoms with Crippen molar-refractivity contribution >= 4 is 77.3 Å². The Morgan fingerprint density at radius 2 is 0.621 bits per heavy atom. The molecule has 62 heteroatoms. The molecule has 792 valence electrons. The normalized spacial score (nSPS) is 13.5. The molecule has 0 heterocycles. The van der Waals surface area contributed by atoms with Crippen molar-refractivity contribution in [1.82, 2.24) is 35.4 Å². The molecule has 0 aliphatic heterocycles. The molecule has 0 unspecified atom stereocenters. The van der Waals surface area contributed by atoms with Crippen molar-refractivity contribution in [3.63, 3.8) is 0 Å². The molecular formula is C70H113F34N7O17S4. The second-order valence-electron chi connectivity index (χ2n) is 29.7. The Morgan fingerprint density at radius 1 is 0.333 bits per heavy atom. The highest BCUT2D eigenvalue weighted by molar-refractivity contribution is 8.04. The average Bonchev–Trinajstić information content (AvgIpc) is 0.718. The number of carbonyl (C=O) groups excluding carboxylic acids is 6. The van der Waals surface area contributed by atoms with Gasteiger partial charge in [-0.05, 0) is 165 Å². The summed E-state index contributed by atoms with van der Waals surface area (Å²) in [5.74, 6) is -66.5. The minimum atomic E-state index is -8.14. The Morgan fingerprint density at radius 3 is 0.909 bits per heavy atom. The quantitative estimate of drug-likeness (QED) is 0.0220. The molecular weight excluding hydrogens is 1990 g/mol. The molecule has 0 aromatic heterocycles. The number of thioether (sulfide) groups is 1. The first-order valence-corrected chi connectivity index (χ1v) is 45.4. The monoisotopic (exact) mass is 2100 g/mol. The van der Waals surface area contributed by atoms with Gasteiger partial charge in [-0.3, -0.25) is 33.5 Å². The summed E-state index contributed by atoms with van der Waals surface area (Å²) in [7, 11) is -11.0. The molecule has 0 saturated heterocycles. The van der Waals surface area contributed by atoms with Crippen LogP contribution < -0.4 is 35.4 Å². The van der Waals surface area contributed by atoms with E-state index in [9.17, 15) is 203 Å². The number of halogens is 34. The number of hydrogen-bond acceptors (Lipinski definition) is 18. The summed E-state index contributed by atoms with van der Waals surface area (Å²) in [5.41, 5.74) is 0. The molecule has 0 fully saturated rings. The number of alkyl halides is 34. The molecule has 0 rings (SSSR count). The van der Waals surface area contributed by atoms with Gasteiger partial charge in [0.2, 0.25) is 65.5 Å². The third-order valence-electron chi connectivity index (χ3n) is 15.1. The molecule has 0 spiro atoms. The van der Waals surface area contributed by atoms with Gasteiger partial charge in [0.15, 0.2) is 0 Å². The van der Waals surface area contributed by atoms with Gasteiger partial charge >= 0.3 is 90.2 Å². The third-order valence-corrected chi connectivity index (χ3v) is 21.0. The Bertz CT molecular complexity index is 3660. The van der Waals surface area contributed by atoms with Crippen LogP contribution in [0.25, 0.3) is 0 Å². The maximum absolute atomic E-state index is 13.7.